The minimum atomic E-state index is -1.11. The summed E-state index contributed by atoms with van der Waals surface area (Å²) in [5.74, 6) is -1.53. The Bertz CT molecular complexity index is 661. The third-order valence-corrected chi connectivity index (χ3v) is 2.88. The Kier molecular flexibility index (Phi) is 4.10. The van der Waals surface area contributed by atoms with E-state index in [1.807, 2.05) is 0 Å². The van der Waals surface area contributed by atoms with Crippen LogP contribution in [-0.2, 0) is 0 Å². The third kappa shape index (κ3) is 3.00. The zero-order valence-corrected chi connectivity index (χ0v) is 11.2. The van der Waals surface area contributed by atoms with Gasteiger partial charge in [-0.05, 0) is 30.3 Å². The lowest BCUT2D eigenvalue weighted by Gasteiger charge is -2.11. The first-order valence-corrected chi connectivity index (χ1v) is 6.02. The van der Waals surface area contributed by atoms with E-state index in [1.54, 1.807) is 12.1 Å². The number of anilines is 2. The van der Waals surface area contributed by atoms with Crippen molar-refractivity contribution in [2.24, 2.45) is 0 Å². The summed E-state index contributed by atoms with van der Waals surface area (Å²) in [5.41, 5.74) is 0.893. The van der Waals surface area contributed by atoms with E-state index in [0.29, 0.717) is 16.4 Å². The predicted molar refractivity (Wildman–Crippen MR) is 74.6 cm³/mol. The number of carboxylic acid groups (broad SMARTS) is 1. The quantitative estimate of drug-likeness (QED) is 0.897. The first-order valence-electron chi connectivity index (χ1n) is 5.64. The van der Waals surface area contributed by atoms with Crippen LogP contribution in [0.5, 0.6) is 5.75 Å². The van der Waals surface area contributed by atoms with E-state index in [1.165, 1.54) is 31.4 Å². The first-order chi connectivity index (χ1) is 9.51. The highest BCUT2D eigenvalue weighted by Gasteiger charge is 2.12. The molecule has 0 spiro atoms. The van der Waals surface area contributed by atoms with Crippen LogP contribution in [0.25, 0.3) is 0 Å². The van der Waals surface area contributed by atoms with Gasteiger partial charge in [-0.3, -0.25) is 0 Å². The highest BCUT2D eigenvalue weighted by atomic mass is 35.5. The topological polar surface area (TPSA) is 58.6 Å². The van der Waals surface area contributed by atoms with Gasteiger partial charge < -0.3 is 15.2 Å². The molecule has 0 saturated heterocycles. The summed E-state index contributed by atoms with van der Waals surface area (Å²) in [4.78, 5) is 11.2. The molecule has 2 N–H and O–H groups in total. The molecule has 0 aliphatic rings. The van der Waals surface area contributed by atoms with Crippen molar-refractivity contribution in [3.8, 4) is 5.75 Å². The van der Waals surface area contributed by atoms with Gasteiger partial charge >= 0.3 is 5.97 Å². The maximum absolute atomic E-state index is 13.3. The molecule has 0 unspecified atom stereocenters. The molecule has 0 aliphatic heterocycles. The Morgan fingerprint density at radius 1 is 1.30 bits per heavy atom. The van der Waals surface area contributed by atoms with Crippen LogP contribution >= 0.6 is 11.6 Å². The fourth-order valence-electron chi connectivity index (χ4n) is 1.70. The van der Waals surface area contributed by atoms with Crippen molar-refractivity contribution in [2.45, 2.75) is 0 Å². The maximum Gasteiger partial charge on any atom is 0.337 e. The lowest BCUT2D eigenvalue weighted by Crippen LogP contribution is -2.03. The number of carboxylic acids is 1. The van der Waals surface area contributed by atoms with Crippen LogP contribution in [0.3, 0.4) is 0 Å². The van der Waals surface area contributed by atoms with Gasteiger partial charge in [-0.2, -0.15) is 0 Å². The molecule has 4 nitrogen and oxygen atoms in total. The minimum absolute atomic E-state index is 0.0285. The van der Waals surface area contributed by atoms with E-state index in [9.17, 15) is 9.18 Å². The number of nitrogens with one attached hydrogen (secondary N) is 1. The van der Waals surface area contributed by atoms with Crippen molar-refractivity contribution in [1.29, 1.82) is 0 Å². The van der Waals surface area contributed by atoms with Crippen molar-refractivity contribution in [3.63, 3.8) is 0 Å². The molecule has 20 heavy (non-hydrogen) atoms. The second-order valence-electron chi connectivity index (χ2n) is 3.97. The van der Waals surface area contributed by atoms with Gasteiger partial charge in [0.25, 0.3) is 0 Å². The molecule has 0 atom stereocenters. The van der Waals surface area contributed by atoms with Crippen LogP contribution in [0.2, 0.25) is 5.02 Å². The zero-order chi connectivity index (χ0) is 14.7. The number of halogens is 2. The van der Waals surface area contributed by atoms with Crippen molar-refractivity contribution in [2.75, 3.05) is 12.4 Å². The second kappa shape index (κ2) is 5.79. The smallest absolute Gasteiger partial charge is 0.337 e. The maximum atomic E-state index is 13.3. The van der Waals surface area contributed by atoms with Crippen LogP contribution in [0.4, 0.5) is 15.8 Å². The standard InChI is InChI=1S/C14H11ClFNO3/c1-20-13-7-9(3-4-11(13)16)17-12-5-2-8(15)6-10(12)14(18)19/h2-7,17H,1H3,(H,18,19). The summed E-state index contributed by atoms with van der Waals surface area (Å²) in [6.07, 6.45) is 0. The number of benzene rings is 2. The summed E-state index contributed by atoms with van der Waals surface area (Å²) >= 11 is 5.77. The fraction of sp³-hybridized carbons (Fsp3) is 0.0714. The Morgan fingerprint density at radius 3 is 2.70 bits per heavy atom. The Balaban J connectivity index is 2.37. The lowest BCUT2D eigenvalue weighted by molar-refractivity contribution is 0.0698. The Hall–Kier alpha value is -2.27. The molecule has 0 radical (unpaired) electrons. The van der Waals surface area contributed by atoms with Gasteiger partial charge in [0.2, 0.25) is 0 Å². The molecule has 0 fully saturated rings. The Morgan fingerprint density at radius 2 is 2.05 bits per heavy atom. The van der Waals surface area contributed by atoms with Crippen LogP contribution in [0.1, 0.15) is 10.4 Å². The number of aromatic carboxylic acids is 1. The van der Waals surface area contributed by atoms with Gasteiger partial charge in [-0.25, -0.2) is 9.18 Å². The summed E-state index contributed by atoms with van der Waals surface area (Å²) in [6, 6.07) is 8.61. The summed E-state index contributed by atoms with van der Waals surface area (Å²) < 4.78 is 18.2. The largest absolute Gasteiger partial charge is 0.494 e. The van der Waals surface area contributed by atoms with E-state index in [0.717, 1.165) is 0 Å². The van der Waals surface area contributed by atoms with E-state index in [2.05, 4.69) is 5.32 Å². The zero-order valence-electron chi connectivity index (χ0n) is 10.5. The fourth-order valence-corrected chi connectivity index (χ4v) is 1.87. The van der Waals surface area contributed by atoms with Crippen LogP contribution in [0, 0.1) is 5.82 Å². The van der Waals surface area contributed by atoms with Gasteiger partial charge in [-0.15, -0.1) is 0 Å². The summed E-state index contributed by atoms with van der Waals surface area (Å²) in [6.45, 7) is 0. The molecular formula is C14H11ClFNO3. The number of methoxy groups -OCH3 is 1. The molecule has 104 valence electrons. The predicted octanol–water partition coefficient (Wildman–Crippen LogP) is 3.93. The molecule has 0 bridgehead atoms. The highest BCUT2D eigenvalue weighted by molar-refractivity contribution is 6.31. The lowest BCUT2D eigenvalue weighted by atomic mass is 10.1. The van der Waals surface area contributed by atoms with Gasteiger partial charge in [0, 0.05) is 16.8 Å². The first kappa shape index (κ1) is 14.1. The van der Waals surface area contributed by atoms with Gasteiger partial charge in [-0.1, -0.05) is 11.6 Å². The number of rotatable bonds is 4. The highest BCUT2D eigenvalue weighted by Crippen LogP contribution is 2.27. The molecular weight excluding hydrogens is 285 g/mol. The number of ether oxygens (including phenoxy) is 1. The van der Waals surface area contributed by atoms with Crippen LogP contribution < -0.4 is 10.1 Å². The third-order valence-electron chi connectivity index (χ3n) is 2.64. The number of carbonyl (C=O) groups is 1. The molecule has 2 aromatic carbocycles. The van der Waals surface area contributed by atoms with Crippen molar-refractivity contribution in [3.05, 3.63) is 52.8 Å². The normalized spacial score (nSPS) is 10.2. The van der Waals surface area contributed by atoms with Gasteiger partial charge in [0.1, 0.15) is 0 Å². The molecule has 0 saturated carbocycles. The summed E-state index contributed by atoms with van der Waals surface area (Å²) in [5, 5.41) is 12.4. The summed E-state index contributed by atoms with van der Waals surface area (Å²) in [7, 11) is 1.35. The molecule has 0 aromatic heterocycles. The second-order valence-corrected chi connectivity index (χ2v) is 4.41. The molecule has 6 heteroatoms. The molecule has 0 heterocycles. The molecule has 0 amide bonds. The van der Waals surface area contributed by atoms with E-state index >= 15 is 0 Å². The average molecular weight is 296 g/mol. The van der Waals surface area contributed by atoms with Crippen molar-refractivity contribution >= 4 is 28.9 Å². The van der Waals surface area contributed by atoms with Crippen molar-refractivity contribution in [1.82, 2.24) is 0 Å². The van der Waals surface area contributed by atoms with E-state index < -0.39 is 11.8 Å². The monoisotopic (exact) mass is 295 g/mol. The Labute approximate surface area is 119 Å². The van der Waals surface area contributed by atoms with Gasteiger partial charge in [0.05, 0.1) is 18.4 Å². The molecule has 2 aromatic rings. The van der Waals surface area contributed by atoms with Crippen LogP contribution in [0.15, 0.2) is 36.4 Å². The number of hydrogen-bond acceptors (Lipinski definition) is 3. The molecule has 0 aliphatic carbocycles. The van der Waals surface area contributed by atoms with E-state index in [4.69, 9.17) is 21.4 Å². The number of hydrogen-bond donors (Lipinski definition) is 2. The van der Waals surface area contributed by atoms with Gasteiger partial charge in [0.15, 0.2) is 11.6 Å². The minimum Gasteiger partial charge on any atom is -0.494 e. The average Bonchev–Trinajstić information content (AvgIpc) is 2.42. The van der Waals surface area contributed by atoms with Crippen molar-refractivity contribution < 1.29 is 19.0 Å². The van der Waals surface area contributed by atoms with E-state index in [-0.39, 0.29) is 11.3 Å². The molecule has 2 rings (SSSR count). The van der Waals surface area contributed by atoms with Crippen LogP contribution in [-0.4, -0.2) is 18.2 Å². The SMILES string of the molecule is COc1cc(Nc2ccc(Cl)cc2C(=O)O)ccc1F.